The van der Waals surface area contributed by atoms with Crippen LogP contribution in [0.5, 0.6) is 17.2 Å². The molecule has 0 spiro atoms. The number of fused-ring (bicyclic) bond motifs is 2. The Morgan fingerprint density at radius 1 is 0.900 bits per heavy atom. The van der Waals surface area contributed by atoms with Crippen LogP contribution in [0.25, 0.3) is 21.9 Å². The highest BCUT2D eigenvalue weighted by Crippen LogP contribution is 2.37. The number of pyridine rings is 1. The molecule has 2 N–H and O–H groups in total. The minimum absolute atomic E-state index is 0.0836. The van der Waals surface area contributed by atoms with Gasteiger partial charge in [0.25, 0.3) is 0 Å². The molecule has 6 rings (SSSR count). The van der Waals surface area contributed by atoms with Crippen LogP contribution < -0.4 is 20.3 Å². The number of aryl methyl sites for hydroxylation is 2. The first-order valence-electron chi connectivity index (χ1n) is 13.2. The number of nitrogens with zero attached hydrogens (tertiary/aromatic N) is 6. The number of likely N-dealkylation sites (tertiary alicyclic amines) is 1. The van der Waals surface area contributed by atoms with Crippen LogP contribution in [0.4, 0.5) is 21.8 Å². The lowest BCUT2D eigenvalue weighted by Crippen LogP contribution is -2.24. The van der Waals surface area contributed by atoms with Crippen LogP contribution in [0.15, 0.2) is 55.2 Å². The fraction of sp³-hybridized carbons (Fsp3) is 0.310. The molecular formula is C29H33FN8O2. The van der Waals surface area contributed by atoms with E-state index in [2.05, 4.69) is 47.5 Å². The maximum Gasteiger partial charge on any atom is 0.227 e. The van der Waals surface area contributed by atoms with Gasteiger partial charge < -0.3 is 24.8 Å². The second-order valence-corrected chi connectivity index (χ2v) is 9.82. The van der Waals surface area contributed by atoms with E-state index in [9.17, 15) is 4.53 Å². The Hall–Kier alpha value is -4.51. The van der Waals surface area contributed by atoms with E-state index in [1.807, 2.05) is 54.9 Å². The normalized spacial score (nSPS) is 13.5. The molecule has 10 nitrogen and oxygen atoms in total. The van der Waals surface area contributed by atoms with Gasteiger partial charge >= 0.3 is 0 Å². The smallest absolute Gasteiger partial charge is 0.227 e. The summed E-state index contributed by atoms with van der Waals surface area (Å²) in [6, 6.07) is 11.4. The largest absolute Gasteiger partial charge is 0.457 e. The summed E-state index contributed by atoms with van der Waals surface area (Å²) in [5.41, 5.74) is 3.99. The van der Waals surface area contributed by atoms with E-state index in [-0.39, 0.29) is 11.6 Å². The van der Waals surface area contributed by atoms with Gasteiger partial charge in [0.1, 0.15) is 23.6 Å². The molecule has 4 heterocycles. The number of nitrogens with one attached hydrogen (secondary N) is 2. The second-order valence-electron chi connectivity index (χ2n) is 9.82. The van der Waals surface area contributed by atoms with E-state index in [1.54, 1.807) is 13.4 Å². The van der Waals surface area contributed by atoms with Gasteiger partial charge in [-0.1, -0.05) is 6.42 Å². The van der Waals surface area contributed by atoms with Crippen molar-refractivity contribution in [3.63, 3.8) is 0 Å². The van der Waals surface area contributed by atoms with Gasteiger partial charge in [-0.2, -0.15) is 0 Å². The van der Waals surface area contributed by atoms with Crippen molar-refractivity contribution in [2.45, 2.75) is 26.2 Å². The minimum atomic E-state index is -0.0836. The Morgan fingerprint density at radius 2 is 1.73 bits per heavy atom. The number of hydrogen-bond acceptors (Lipinski definition) is 9. The Bertz CT molecular complexity index is 1620. The number of aromatic nitrogens is 5. The summed E-state index contributed by atoms with van der Waals surface area (Å²) in [5, 5.41) is 6.39. The second kappa shape index (κ2) is 12.1. The molecule has 208 valence electrons. The zero-order chi connectivity index (χ0) is 28.1. The zero-order valence-electron chi connectivity index (χ0n) is 23.1. The summed E-state index contributed by atoms with van der Waals surface area (Å²) in [7, 11) is 5.77. The third kappa shape index (κ3) is 5.89. The number of ether oxygens (including phenoxy) is 1. The topological polar surface area (TPSA) is 102 Å². The Labute approximate surface area is 232 Å². The summed E-state index contributed by atoms with van der Waals surface area (Å²) < 4.78 is 21.4. The van der Waals surface area contributed by atoms with Crippen LogP contribution >= 0.6 is 0 Å². The van der Waals surface area contributed by atoms with Gasteiger partial charge in [0.15, 0.2) is 5.82 Å². The number of rotatable bonds is 6. The molecule has 1 saturated heterocycles. The van der Waals surface area contributed by atoms with Crippen molar-refractivity contribution >= 4 is 39.3 Å². The summed E-state index contributed by atoms with van der Waals surface area (Å²) in [4.78, 5) is 23.4. The van der Waals surface area contributed by atoms with Gasteiger partial charge in [-0.25, -0.2) is 19.9 Å². The van der Waals surface area contributed by atoms with Crippen molar-refractivity contribution < 1.29 is 14.2 Å². The molecule has 0 saturated carbocycles. The van der Waals surface area contributed by atoms with Crippen LogP contribution in [0, 0.1) is 6.92 Å². The molecule has 0 atom stereocenters. The number of benzene rings is 2. The Balaban J connectivity index is 0.000000403. The van der Waals surface area contributed by atoms with E-state index in [4.69, 9.17) is 4.74 Å². The van der Waals surface area contributed by atoms with Crippen molar-refractivity contribution in [3.8, 4) is 17.2 Å². The maximum absolute atomic E-state index is 13.4. The number of halogens is 1. The first kappa shape index (κ1) is 27.1. The molecule has 1 aliphatic heterocycles. The van der Waals surface area contributed by atoms with Gasteiger partial charge in [-0.05, 0) is 75.8 Å². The van der Waals surface area contributed by atoms with E-state index >= 15 is 0 Å². The lowest BCUT2D eigenvalue weighted by molar-refractivity contribution is -0.00365. The molecular weight excluding hydrogens is 511 g/mol. The molecule has 0 bridgehead atoms. The standard InChI is InChI=1S/C23H20FN7O2.C6H13N/c1-13-8-14(4-7-19(13)32-15-5-6-18-16(9-15)29-12-31(18)3)30-22-20-17(27-11-28-22)10-26-23(25-2)21(20)33-24;1-7-5-3-2-4-6-7/h4-12H,1-3H3,(H,25,26)(H,27,28,30);2-6H2,1H3. The number of imidazole rings is 1. The monoisotopic (exact) mass is 544 g/mol. The molecule has 1 fully saturated rings. The number of hydrogen-bond donors (Lipinski definition) is 2. The molecule has 0 radical (unpaired) electrons. The SMILES string of the molecule is CN1CCCCC1.CNc1ncc2ncnc(Nc3ccc(Oc4ccc5c(c4)ncn5C)c(C)c3)c2c1OF. The van der Waals surface area contributed by atoms with Crippen molar-refractivity contribution in [2.24, 2.45) is 7.05 Å². The van der Waals surface area contributed by atoms with Gasteiger partial charge in [-0.3, -0.25) is 4.94 Å². The summed E-state index contributed by atoms with van der Waals surface area (Å²) in [6.45, 7) is 4.58. The Morgan fingerprint density at radius 3 is 2.42 bits per heavy atom. The fourth-order valence-corrected chi connectivity index (χ4v) is 4.71. The lowest BCUT2D eigenvalue weighted by Gasteiger charge is -2.20. The molecule has 0 unspecified atom stereocenters. The third-order valence-electron chi connectivity index (χ3n) is 6.89. The van der Waals surface area contributed by atoms with Gasteiger partial charge in [0, 0.05) is 30.4 Å². The lowest BCUT2D eigenvalue weighted by atomic mass is 10.1. The zero-order valence-corrected chi connectivity index (χ0v) is 23.1. The fourth-order valence-electron chi connectivity index (χ4n) is 4.71. The average molecular weight is 545 g/mol. The minimum Gasteiger partial charge on any atom is -0.457 e. The van der Waals surface area contributed by atoms with Crippen molar-refractivity contribution in [1.29, 1.82) is 0 Å². The van der Waals surface area contributed by atoms with Gasteiger partial charge in [-0.15, -0.1) is 0 Å². The number of anilines is 3. The van der Waals surface area contributed by atoms with E-state index in [0.29, 0.717) is 28.2 Å². The summed E-state index contributed by atoms with van der Waals surface area (Å²) >= 11 is 0. The maximum atomic E-state index is 13.4. The quantitative estimate of drug-likeness (QED) is 0.260. The van der Waals surface area contributed by atoms with Crippen LogP contribution in [0.3, 0.4) is 0 Å². The third-order valence-corrected chi connectivity index (χ3v) is 6.89. The van der Waals surface area contributed by atoms with Crippen molar-refractivity contribution in [1.82, 2.24) is 29.4 Å². The molecule has 2 aromatic carbocycles. The average Bonchev–Trinajstić information content (AvgIpc) is 3.34. The highest BCUT2D eigenvalue weighted by molar-refractivity contribution is 5.98. The molecule has 0 amide bonds. The van der Waals surface area contributed by atoms with Crippen LogP contribution in [0.2, 0.25) is 0 Å². The first-order valence-corrected chi connectivity index (χ1v) is 13.2. The molecule has 11 heteroatoms. The van der Waals surface area contributed by atoms with Gasteiger partial charge in [0.2, 0.25) is 5.75 Å². The molecule has 0 aliphatic carbocycles. The van der Waals surface area contributed by atoms with Crippen LogP contribution in [-0.4, -0.2) is 56.6 Å². The molecule has 40 heavy (non-hydrogen) atoms. The predicted molar refractivity (Wildman–Crippen MR) is 155 cm³/mol. The molecule has 1 aliphatic rings. The van der Waals surface area contributed by atoms with E-state index in [1.165, 1.54) is 44.9 Å². The highest BCUT2D eigenvalue weighted by Gasteiger charge is 2.17. The van der Waals surface area contributed by atoms with Crippen LogP contribution in [0.1, 0.15) is 24.8 Å². The summed E-state index contributed by atoms with van der Waals surface area (Å²) in [5.74, 6) is 1.95. The predicted octanol–water partition coefficient (Wildman–Crippen LogP) is 6.16. The Kier molecular flexibility index (Phi) is 8.20. The first-order chi connectivity index (χ1) is 19.5. The van der Waals surface area contributed by atoms with Gasteiger partial charge in [0.05, 0.1) is 34.5 Å². The summed E-state index contributed by atoms with van der Waals surface area (Å²) in [6.07, 6.45) is 8.95. The molecule has 5 aromatic rings. The van der Waals surface area contributed by atoms with E-state index < -0.39 is 0 Å². The van der Waals surface area contributed by atoms with Crippen LogP contribution in [-0.2, 0) is 7.05 Å². The molecule has 3 aromatic heterocycles. The van der Waals surface area contributed by atoms with E-state index in [0.717, 1.165) is 22.3 Å². The van der Waals surface area contributed by atoms with Crippen molar-refractivity contribution in [2.75, 3.05) is 37.8 Å². The highest BCUT2D eigenvalue weighted by atomic mass is 19.3. The number of piperidine rings is 1. The van der Waals surface area contributed by atoms with Crippen molar-refractivity contribution in [3.05, 3.63) is 60.8 Å².